The van der Waals surface area contributed by atoms with E-state index in [4.69, 9.17) is 4.98 Å². The molecular weight excluding hydrogens is 320 g/mol. The number of anilines is 1. The van der Waals surface area contributed by atoms with Crippen LogP contribution in [0, 0.1) is 6.92 Å². The summed E-state index contributed by atoms with van der Waals surface area (Å²) in [5.41, 5.74) is 7.49. The SMILES string of the molecule is Cc1ccc2c3c(ccc2n1)NC1=C(C(=O)CCC1)[C@@H]3c1ccccc1. The first kappa shape index (κ1) is 15.3. The summed E-state index contributed by atoms with van der Waals surface area (Å²) in [7, 11) is 0. The van der Waals surface area contributed by atoms with Crippen LogP contribution < -0.4 is 5.32 Å². The van der Waals surface area contributed by atoms with Gasteiger partial charge in [0, 0.05) is 40.4 Å². The lowest BCUT2D eigenvalue weighted by molar-refractivity contribution is -0.116. The number of hydrogen-bond donors (Lipinski definition) is 1. The van der Waals surface area contributed by atoms with Crippen molar-refractivity contribution in [3.05, 3.63) is 82.7 Å². The lowest BCUT2D eigenvalue weighted by atomic mass is 9.74. The van der Waals surface area contributed by atoms with E-state index < -0.39 is 0 Å². The summed E-state index contributed by atoms with van der Waals surface area (Å²) in [4.78, 5) is 17.6. The third-order valence-electron chi connectivity index (χ3n) is 5.50. The topological polar surface area (TPSA) is 42.0 Å². The van der Waals surface area contributed by atoms with Crippen LogP contribution in [0.4, 0.5) is 5.69 Å². The van der Waals surface area contributed by atoms with Crippen LogP contribution in [0.25, 0.3) is 10.9 Å². The van der Waals surface area contributed by atoms with Crippen molar-refractivity contribution in [3.8, 4) is 0 Å². The van der Waals surface area contributed by atoms with E-state index in [9.17, 15) is 4.79 Å². The molecule has 0 radical (unpaired) electrons. The third kappa shape index (κ3) is 2.27. The van der Waals surface area contributed by atoms with Gasteiger partial charge >= 0.3 is 0 Å². The first-order valence-electron chi connectivity index (χ1n) is 9.21. The van der Waals surface area contributed by atoms with E-state index in [0.29, 0.717) is 6.42 Å². The molecule has 0 spiro atoms. The maximum Gasteiger partial charge on any atom is 0.161 e. The molecule has 0 unspecified atom stereocenters. The van der Waals surface area contributed by atoms with Gasteiger partial charge in [-0.05, 0) is 49.1 Å². The highest BCUT2D eigenvalue weighted by atomic mass is 16.1. The smallest absolute Gasteiger partial charge is 0.161 e. The van der Waals surface area contributed by atoms with Crippen molar-refractivity contribution in [3.63, 3.8) is 0 Å². The summed E-state index contributed by atoms with van der Waals surface area (Å²) < 4.78 is 0. The number of ketones is 1. The molecule has 1 N–H and O–H groups in total. The van der Waals surface area contributed by atoms with Gasteiger partial charge < -0.3 is 5.32 Å². The molecule has 1 aliphatic carbocycles. The predicted molar refractivity (Wildman–Crippen MR) is 104 cm³/mol. The van der Waals surface area contributed by atoms with E-state index in [1.165, 1.54) is 11.1 Å². The van der Waals surface area contributed by atoms with Gasteiger partial charge in [-0.2, -0.15) is 0 Å². The number of fused-ring (bicyclic) bond motifs is 3. The number of carbonyl (C=O) groups is 1. The number of aryl methyl sites for hydroxylation is 1. The molecule has 2 aromatic carbocycles. The minimum Gasteiger partial charge on any atom is -0.358 e. The monoisotopic (exact) mass is 340 g/mol. The first-order chi connectivity index (χ1) is 12.7. The molecule has 128 valence electrons. The lowest BCUT2D eigenvalue weighted by Gasteiger charge is -2.34. The van der Waals surface area contributed by atoms with Crippen LogP contribution in [0.5, 0.6) is 0 Å². The van der Waals surface area contributed by atoms with Gasteiger partial charge in [-0.3, -0.25) is 9.78 Å². The molecule has 3 nitrogen and oxygen atoms in total. The number of nitrogens with zero attached hydrogens (tertiary/aromatic N) is 1. The number of benzene rings is 2. The fraction of sp³-hybridized carbons (Fsp3) is 0.217. The minimum atomic E-state index is -0.0246. The Labute approximate surface area is 152 Å². The van der Waals surface area contributed by atoms with Crippen molar-refractivity contribution < 1.29 is 4.79 Å². The second-order valence-electron chi connectivity index (χ2n) is 7.18. The number of Topliss-reactive ketones (excluding diaryl/α,β-unsaturated/α-hetero) is 1. The summed E-state index contributed by atoms with van der Waals surface area (Å²) in [5, 5.41) is 4.69. The van der Waals surface area contributed by atoms with Gasteiger partial charge in [-0.1, -0.05) is 36.4 Å². The van der Waals surface area contributed by atoms with Crippen LogP contribution in [0.2, 0.25) is 0 Å². The molecule has 5 rings (SSSR count). The Balaban J connectivity index is 1.84. The Bertz CT molecular complexity index is 1070. The van der Waals surface area contributed by atoms with E-state index in [-0.39, 0.29) is 11.7 Å². The van der Waals surface area contributed by atoms with Crippen molar-refractivity contribution >= 4 is 22.4 Å². The van der Waals surface area contributed by atoms with Crippen molar-refractivity contribution in [1.29, 1.82) is 0 Å². The summed E-state index contributed by atoms with van der Waals surface area (Å²) in [5.74, 6) is 0.249. The largest absolute Gasteiger partial charge is 0.358 e. The van der Waals surface area contributed by atoms with E-state index >= 15 is 0 Å². The van der Waals surface area contributed by atoms with Crippen molar-refractivity contribution in [2.24, 2.45) is 0 Å². The first-order valence-corrected chi connectivity index (χ1v) is 9.21. The highest BCUT2D eigenvalue weighted by Gasteiger charge is 2.36. The van der Waals surface area contributed by atoms with Crippen LogP contribution in [-0.2, 0) is 4.79 Å². The van der Waals surface area contributed by atoms with Crippen LogP contribution in [0.3, 0.4) is 0 Å². The summed E-state index contributed by atoms with van der Waals surface area (Å²) in [6.07, 6.45) is 2.51. The van der Waals surface area contributed by atoms with Gasteiger partial charge in [0.1, 0.15) is 0 Å². The molecular formula is C23H20N2O. The van der Waals surface area contributed by atoms with Crippen LogP contribution in [-0.4, -0.2) is 10.8 Å². The van der Waals surface area contributed by atoms with Crippen LogP contribution in [0.15, 0.2) is 65.9 Å². The zero-order valence-corrected chi connectivity index (χ0v) is 14.8. The fourth-order valence-corrected chi connectivity index (χ4v) is 4.36. The molecule has 3 heteroatoms. The molecule has 3 aromatic rings. The van der Waals surface area contributed by atoms with E-state index in [1.807, 2.05) is 13.0 Å². The predicted octanol–water partition coefficient (Wildman–Crippen LogP) is 5.11. The quantitative estimate of drug-likeness (QED) is 0.669. The van der Waals surface area contributed by atoms with Crippen molar-refractivity contribution in [2.75, 3.05) is 5.32 Å². The normalized spacial score (nSPS) is 19.1. The van der Waals surface area contributed by atoms with Gasteiger partial charge in [0.15, 0.2) is 5.78 Å². The zero-order chi connectivity index (χ0) is 17.7. The van der Waals surface area contributed by atoms with Gasteiger partial charge in [0.05, 0.1) is 5.52 Å². The summed E-state index contributed by atoms with van der Waals surface area (Å²) in [6.45, 7) is 2.01. The molecule has 26 heavy (non-hydrogen) atoms. The van der Waals surface area contributed by atoms with Gasteiger partial charge in [-0.25, -0.2) is 0 Å². The van der Waals surface area contributed by atoms with Gasteiger partial charge in [0.2, 0.25) is 0 Å². The average Bonchev–Trinajstić information content (AvgIpc) is 2.67. The number of nitrogens with one attached hydrogen (secondary N) is 1. The lowest BCUT2D eigenvalue weighted by Crippen LogP contribution is -2.27. The molecule has 0 bridgehead atoms. The highest BCUT2D eigenvalue weighted by Crippen LogP contribution is 2.47. The number of allylic oxidation sites excluding steroid dienone is 2. The standard InChI is InChI=1S/C23H20N2O/c1-14-10-11-16-17(24-14)12-13-19-22(16)21(15-6-3-2-4-7-15)23-18(25-19)8-5-9-20(23)26/h2-4,6-7,10-13,21,25H,5,8-9H2,1H3/t21-/m1/s1. The number of aromatic nitrogens is 1. The summed E-state index contributed by atoms with van der Waals surface area (Å²) >= 11 is 0. The van der Waals surface area contributed by atoms with Gasteiger partial charge in [0.25, 0.3) is 0 Å². The van der Waals surface area contributed by atoms with Gasteiger partial charge in [-0.15, -0.1) is 0 Å². The average molecular weight is 340 g/mol. The Kier molecular flexibility index (Phi) is 3.42. The van der Waals surface area contributed by atoms with E-state index in [0.717, 1.165) is 46.4 Å². The van der Waals surface area contributed by atoms with Crippen molar-refractivity contribution in [1.82, 2.24) is 4.98 Å². The zero-order valence-electron chi connectivity index (χ0n) is 14.8. The molecule has 1 atom stereocenters. The van der Waals surface area contributed by atoms with Crippen molar-refractivity contribution in [2.45, 2.75) is 32.1 Å². The second kappa shape index (κ2) is 5.80. The number of carbonyl (C=O) groups excluding carboxylic acids is 1. The number of rotatable bonds is 1. The Hall–Kier alpha value is -2.94. The molecule has 0 saturated heterocycles. The van der Waals surface area contributed by atoms with Crippen LogP contribution in [0.1, 0.15) is 42.0 Å². The molecule has 2 aliphatic rings. The van der Waals surface area contributed by atoms with E-state index in [1.54, 1.807) is 0 Å². The molecule has 1 aromatic heterocycles. The molecule has 1 aliphatic heterocycles. The third-order valence-corrected chi connectivity index (χ3v) is 5.50. The number of pyridine rings is 1. The maximum absolute atomic E-state index is 12.9. The van der Waals surface area contributed by atoms with E-state index in [2.05, 4.69) is 53.8 Å². The molecule has 0 amide bonds. The molecule has 0 saturated carbocycles. The van der Waals surface area contributed by atoms with Crippen LogP contribution >= 0.6 is 0 Å². The fourth-order valence-electron chi connectivity index (χ4n) is 4.36. The Morgan fingerprint density at radius 1 is 1.00 bits per heavy atom. The second-order valence-corrected chi connectivity index (χ2v) is 7.18. The number of hydrogen-bond acceptors (Lipinski definition) is 3. The summed E-state index contributed by atoms with van der Waals surface area (Å²) in [6, 6.07) is 18.8. The Morgan fingerprint density at radius 2 is 1.85 bits per heavy atom. The molecule has 2 heterocycles. The Morgan fingerprint density at radius 3 is 2.69 bits per heavy atom. The minimum absolute atomic E-state index is 0.0246. The maximum atomic E-state index is 12.9. The molecule has 0 fully saturated rings. The highest BCUT2D eigenvalue weighted by molar-refractivity contribution is 6.03.